The molecule has 3 aliphatic heterocycles. The summed E-state index contributed by atoms with van der Waals surface area (Å²) in [5, 5.41) is 12.3. The van der Waals surface area contributed by atoms with E-state index in [-0.39, 0.29) is 220 Å². The Morgan fingerprint density at radius 3 is 0.850 bits per heavy atom. The van der Waals surface area contributed by atoms with Gasteiger partial charge in [-0.25, -0.2) is 0 Å². The summed E-state index contributed by atoms with van der Waals surface area (Å²) >= 11 is 0. The van der Waals surface area contributed by atoms with E-state index >= 15 is 0 Å². The maximum Gasteiger partial charge on any atom is 0.302 e. The topological polar surface area (TPSA) is 385 Å². The minimum atomic E-state index is -0.940. The van der Waals surface area contributed by atoms with Crippen LogP contribution in [0.3, 0.4) is 0 Å². The van der Waals surface area contributed by atoms with Gasteiger partial charge in [-0.15, -0.1) is 0 Å². The largest absolute Gasteiger partial charge is 0.463 e. The van der Waals surface area contributed by atoms with Crippen LogP contribution in [0.15, 0.2) is 30.3 Å². The standard InChI is InChI=1S/C81H134N4O28/c1-55-58(4)75(83-61(7)86)78(111-72(55)52-108-64(10)89)105-48-45-102-42-39-99-36-33-96-30-16-21-68(92)24-27-81(82-51-71(95)67-19-14-13-15-20-67,28-25-69(93)22-17-31-97-34-37-100-40-43-103-46-49-106-79-76(84-62(8)87)59(5)56(2)73(112-79)53-109-65(11)90)29-26-70(94)23-18-32-98-35-38-101-41-44-104-47-50-107-80-77(85-63(9)88)60(6)57(3)74(113-80)54-110-66(12)91/h13-15,19-20,55-60,72-80,82H,16-18,21-54H2,1-12H3,(H,83,86)(H,84,87)(H,85,88). The Morgan fingerprint density at radius 2 is 0.593 bits per heavy atom. The van der Waals surface area contributed by atoms with Crippen LogP contribution in [0.2, 0.25) is 0 Å². The molecule has 3 amide bonds. The van der Waals surface area contributed by atoms with Crippen molar-refractivity contribution in [3.8, 4) is 0 Å². The van der Waals surface area contributed by atoms with Gasteiger partial charge in [0.05, 0.1) is 162 Å². The summed E-state index contributed by atoms with van der Waals surface area (Å²) in [6, 6.07) is 7.60. The number of ether oxygens (including phenoxy) is 18. The number of esters is 3. The van der Waals surface area contributed by atoms with Crippen molar-refractivity contribution >= 4 is 58.8 Å². The van der Waals surface area contributed by atoms with E-state index in [0.29, 0.717) is 104 Å². The second-order valence-corrected chi connectivity index (χ2v) is 29.3. The fourth-order valence-corrected chi connectivity index (χ4v) is 13.3. The van der Waals surface area contributed by atoms with Crippen molar-refractivity contribution in [2.75, 3.05) is 165 Å². The van der Waals surface area contributed by atoms with Gasteiger partial charge in [-0.2, -0.15) is 0 Å². The SMILES string of the molecule is CC(=O)NC1C(OCCOCCOCCOCCCC(=O)CCC(CCC(=O)CCCOCCOCCOCCOC2OC(COC(C)=O)C(C)C(C)C2NC(C)=O)(CCC(=O)CCCOCCOCCOCCOC2OC(COC(C)=O)C(C)C(C)C2NC(C)=O)NCC(=O)c2ccccc2)OC(COC(C)=O)C(C)C1C. The first-order valence-electron chi connectivity index (χ1n) is 40.3. The van der Waals surface area contributed by atoms with Crippen molar-refractivity contribution in [3.63, 3.8) is 0 Å². The van der Waals surface area contributed by atoms with Gasteiger partial charge >= 0.3 is 17.9 Å². The summed E-state index contributed by atoms with van der Waals surface area (Å²) in [6.07, 6.45) is -0.287. The van der Waals surface area contributed by atoms with Crippen LogP contribution in [0.25, 0.3) is 0 Å². The highest BCUT2D eigenvalue weighted by Crippen LogP contribution is 2.35. The first-order chi connectivity index (χ1) is 54.2. The van der Waals surface area contributed by atoms with Crippen molar-refractivity contribution in [1.29, 1.82) is 0 Å². The Bertz CT molecular complexity index is 2640. The molecule has 3 fully saturated rings. The molecule has 32 heteroatoms. The highest BCUT2D eigenvalue weighted by atomic mass is 16.7. The summed E-state index contributed by atoms with van der Waals surface area (Å²) in [6.45, 7) is 26.1. The molecule has 3 saturated heterocycles. The Labute approximate surface area is 668 Å². The van der Waals surface area contributed by atoms with Crippen LogP contribution in [0, 0.1) is 35.5 Å². The second-order valence-electron chi connectivity index (χ2n) is 29.3. The van der Waals surface area contributed by atoms with Crippen molar-refractivity contribution in [1.82, 2.24) is 21.3 Å². The third kappa shape index (κ3) is 42.2. The first-order valence-corrected chi connectivity index (χ1v) is 40.3. The number of Topliss-reactive ketones (excluding diaryl/α,β-unsaturated/α-hetero) is 4. The van der Waals surface area contributed by atoms with E-state index in [0.717, 1.165) is 0 Å². The average Bonchev–Trinajstić information content (AvgIpc) is 0.818. The zero-order valence-corrected chi connectivity index (χ0v) is 69.1. The molecular weight excluding hydrogens is 1480 g/mol. The van der Waals surface area contributed by atoms with E-state index in [9.17, 15) is 47.9 Å². The van der Waals surface area contributed by atoms with Gasteiger partial charge in [-0.05, 0) is 74.0 Å². The number of amides is 3. The van der Waals surface area contributed by atoms with E-state index in [1.807, 2.05) is 47.6 Å². The number of benzene rings is 1. The van der Waals surface area contributed by atoms with Crippen molar-refractivity contribution in [2.45, 2.75) is 221 Å². The molecule has 4 N–H and O–H groups in total. The molecule has 32 nitrogen and oxygen atoms in total. The lowest BCUT2D eigenvalue weighted by Gasteiger charge is -2.44. The van der Waals surface area contributed by atoms with Crippen LogP contribution < -0.4 is 21.3 Å². The third-order valence-electron chi connectivity index (χ3n) is 20.6. The fraction of sp³-hybridized carbons (Fsp3) is 0.802. The number of hydrogen-bond acceptors (Lipinski definition) is 29. The van der Waals surface area contributed by atoms with Crippen molar-refractivity contribution in [2.24, 2.45) is 35.5 Å². The summed E-state index contributed by atoms with van der Waals surface area (Å²) in [5.41, 5.74) is -0.446. The Hall–Kier alpha value is -5.92. The molecule has 3 heterocycles. The molecule has 646 valence electrons. The highest BCUT2D eigenvalue weighted by molar-refractivity contribution is 5.97. The molecule has 1 aromatic rings. The Morgan fingerprint density at radius 1 is 0.336 bits per heavy atom. The van der Waals surface area contributed by atoms with Crippen LogP contribution in [-0.4, -0.2) is 285 Å². The lowest BCUT2D eigenvalue weighted by molar-refractivity contribution is -0.247. The van der Waals surface area contributed by atoms with Gasteiger partial charge in [0.1, 0.15) is 37.2 Å². The highest BCUT2D eigenvalue weighted by Gasteiger charge is 2.46. The number of carbonyl (C=O) groups excluding carboxylic acids is 10. The molecular formula is C81H134N4O28. The average molecular weight is 1610 g/mol. The van der Waals surface area contributed by atoms with Crippen molar-refractivity contribution in [3.05, 3.63) is 35.9 Å². The summed E-state index contributed by atoms with van der Waals surface area (Å²) in [5.74, 6) is -2.27. The van der Waals surface area contributed by atoms with Gasteiger partial charge in [0, 0.05) is 111 Å². The molecule has 4 rings (SSSR count). The number of rotatable bonds is 64. The van der Waals surface area contributed by atoms with Gasteiger partial charge in [0.25, 0.3) is 0 Å². The van der Waals surface area contributed by atoms with Gasteiger partial charge in [0.2, 0.25) is 17.7 Å². The molecule has 0 bridgehead atoms. The summed E-state index contributed by atoms with van der Waals surface area (Å²) in [7, 11) is 0. The molecule has 0 saturated carbocycles. The fourth-order valence-electron chi connectivity index (χ4n) is 13.3. The summed E-state index contributed by atoms with van der Waals surface area (Å²) < 4.78 is 104. The molecule has 15 atom stereocenters. The van der Waals surface area contributed by atoms with E-state index in [1.54, 1.807) is 24.3 Å². The molecule has 15 unspecified atom stereocenters. The van der Waals surface area contributed by atoms with Gasteiger partial charge in [-0.1, -0.05) is 71.9 Å². The van der Waals surface area contributed by atoms with Gasteiger partial charge in [0.15, 0.2) is 24.7 Å². The monoisotopic (exact) mass is 1610 g/mol. The van der Waals surface area contributed by atoms with Crippen molar-refractivity contribution < 1.29 is 133 Å². The Balaban J connectivity index is 1.22. The van der Waals surface area contributed by atoms with E-state index in [4.69, 9.17) is 85.3 Å². The lowest BCUT2D eigenvalue weighted by atomic mass is 9.81. The number of ketones is 4. The molecule has 0 radical (unpaired) electrons. The molecule has 0 spiro atoms. The normalized spacial score (nSPS) is 24.2. The molecule has 0 aromatic heterocycles. The summed E-state index contributed by atoms with van der Waals surface area (Å²) in [4.78, 5) is 125. The first kappa shape index (κ1) is 99.4. The van der Waals surface area contributed by atoms with Crippen LogP contribution in [-0.2, 0) is 128 Å². The zero-order valence-electron chi connectivity index (χ0n) is 69.1. The molecule has 1 aromatic carbocycles. The van der Waals surface area contributed by atoms with Gasteiger partial charge in [-0.3, -0.25) is 47.9 Å². The quantitative estimate of drug-likeness (QED) is 0.0252. The molecule has 3 aliphatic rings. The smallest absolute Gasteiger partial charge is 0.302 e. The molecule has 0 aliphatic carbocycles. The zero-order chi connectivity index (χ0) is 82.8. The van der Waals surface area contributed by atoms with E-state index < -0.39 is 78.8 Å². The van der Waals surface area contributed by atoms with Crippen LogP contribution >= 0.6 is 0 Å². The minimum Gasteiger partial charge on any atom is -0.463 e. The predicted molar refractivity (Wildman–Crippen MR) is 411 cm³/mol. The maximum absolute atomic E-state index is 13.7. The van der Waals surface area contributed by atoms with Crippen LogP contribution in [0.4, 0.5) is 0 Å². The second kappa shape index (κ2) is 58.0. The maximum atomic E-state index is 13.7. The number of nitrogens with one attached hydrogen (secondary N) is 4. The lowest BCUT2D eigenvalue weighted by Crippen LogP contribution is -2.58. The van der Waals surface area contributed by atoms with E-state index in [1.165, 1.54) is 41.5 Å². The third-order valence-corrected chi connectivity index (χ3v) is 20.6. The predicted octanol–water partition coefficient (Wildman–Crippen LogP) is 5.98. The number of hydrogen-bond donors (Lipinski definition) is 4. The Kier molecular flexibility index (Phi) is 51.1. The van der Waals surface area contributed by atoms with E-state index in [2.05, 4.69) is 21.3 Å². The van der Waals surface area contributed by atoms with Crippen LogP contribution in [0.5, 0.6) is 0 Å². The number of carbonyl (C=O) groups is 10. The molecule has 113 heavy (non-hydrogen) atoms. The van der Waals surface area contributed by atoms with Gasteiger partial charge < -0.3 is 107 Å². The van der Waals surface area contributed by atoms with Crippen LogP contribution in [0.1, 0.15) is 170 Å². The minimum absolute atomic E-state index is 0.0178.